The first kappa shape index (κ1) is 17.8. The molecule has 4 aromatic rings. The summed E-state index contributed by atoms with van der Waals surface area (Å²) in [4.78, 5) is 27.0. The largest absolute Gasteiger partial charge is 0.356 e. The monoisotopic (exact) mass is 376 g/mol. The number of para-hydroxylation sites is 1. The molecule has 0 spiro atoms. The summed E-state index contributed by atoms with van der Waals surface area (Å²) in [7, 11) is 0. The van der Waals surface area contributed by atoms with Crippen molar-refractivity contribution in [1.29, 1.82) is 0 Å². The van der Waals surface area contributed by atoms with Crippen LogP contribution in [-0.4, -0.2) is 20.6 Å². The van der Waals surface area contributed by atoms with E-state index >= 15 is 0 Å². The molecule has 28 heavy (non-hydrogen) atoms. The molecule has 142 valence electrons. The van der Waals surface area contributed by atoms with E-state index in [0.717, 1.165) is 22.3 Å². The highest BCUT2D eigenvalue weighted by Crippen LogP contribution is 2.19. The summed E-state index contributed by atoms with van der Waals surface area (Å²) in [5.74, 6) is -0.131. The minimum atomic E-state index is -0.177. The van der Waals surface area contributed by atoms with Crippen LogP contribution in [0.1, 0.15) is 29.9 Å². The van der Waals surface area contributed by atoms with E-state index in [-0.39, 0.29) is 24.1 Å². The van der Waals surface area contributed by atoms with Crippen LogP contribution in [0.4, 0.5) is 0 Å². The van der Waals surface area contributed by atoms with Gasteiger partial charge in [-0.25, -0.2) is 4.79 Å². The Labute approximate surface area is 161 Å². The van der Waals surface area contributed by atoms with Crippen LogP contribution in [0.5, 0.6) is 0 Å². The molecule has 1 atom stereocenters. The maximum Gasteiger partial charge on any atom is 0.330 e. The first-order valence-corrected chi connectivity index (χ1v) is 9.03. The molecule has 2 N–H and O–H groups in total. The summed E-state index contributed by atoms with van der Waals surface area (Å²) in [6.07, 6.45) is 1.82. The summed E-state index contributed by atoms with van der Waals surface area (Å²) < 4.78 is 6.85. The van der Waals surface area contributed by atoms with Gasteiger partial charge in [0.1, 0.15) is 5.69 Å². The molecule has 2 heterocycles. The number of aromatic nitrogens is 3. The standard InChI is InChI=1S/C21H20N4O3/c1-13-12-22-21(27)25(13)16-9-7-15(8-10-16)14(2)23-20(26)11-18-17-5-3-4-6-19(17)28-24-18/h3-10,12,14H,11H2,1-2H3,(H,22,27)(H,23,26)/t14-/m1/s1. The predicted molar refractivity (Wildman–Crippen MR) is 105 cm³/mol. The zero-order chi connectivity index (χ0) is 19.7. The zero-order valence-corrected chi connectivity index (χ0v) is 15.6. The number of hydrogen-bond donors (Lipinski definition) is 2. The number of amides is 1. The number of aryl methyl sites for hydroxylation is 1. The molecule has 0 unspecified atom stereocenters. The van der Waals surface area contributed by atoms with Gasteiger partial charge in [-0.1, -0.05) is 29.4 Å². The number of rotatable bonds is 5. The van der Waals surface area contributed by atoms with E-state index in [1.165, 1.54) is 0 Å². The van der Waals surface area contributed by atoms with E-state index in [9.17, 15) is 9.59 Å². The lowest BCUT2D eigenvalue weighted by Gasteiger charge is -2.15. The fourth-order valence-electron chi connectivity index (χ4n) is 3.28. The van der Waals surface area contributed by atoms with E-state index in [1.54, 1.807) is 10.8 Å². The molecule has 0 saturated carbocycles. The summed E-state index contributed by atoms with van der Waals surface area (Å²) in [5.41, 5.74) is 3.68. The maximum atomic E-state index is 12.4. The Hall–Kier alpha value is -3.61. The van der Waals surface area contributed by atoms with Crippen molar-refractivity contribution in [1.82, 2.24) is 20.0 Å². The fraction of sp³-hybridized carbons (Fsp3) is 0.190. The molecule has 1 amide bonds. The average molecular weight is 376 g/mol. The number of H-pyrrole nitrogens is 1. The van der Waals surface area contributed by atoms with E-state index in [1.807, 2.05) is 62.4 Å². The molecule has 7 heteroatoms. The first-order valence-electron chi connectivity index (χ1n) is 9.03. The van der Waals surface area contributed by atoms with Gasteiger partial charge in [-0.15, -0.1) is 0 Å². The third-order valence-electron chi connectivity index (χ3n) is 4.77. The number of nitrogens with one attached hydrogen (secondary N) is 2. The molecule has 0 radical (unpaired) electrons. The van der Waals surface area contributed by atoms with Crippen molar-refractivity contribution in [2.45, 2.75) is 26.3 Å². The fourth-order valence-corrected chi connectivity index (χ4v) is 3.28. The molecular weight excluding hydrogens is 356 g/mol. The number of benzene rings is 2. The molecule has 0 aliphatic heterocycles. The lowest BCUT2D eigenvalue weighted by atomic mass is 10.1. The molecule has 2 aromatic carbocycles. The second-order valence-corrected chi connectivity index (χ2v) is 6.75. The van der Waals surface area contributed by atoms with Crippen LogP contribution in [0.25, 0.3) is 16.7 Å². The van der Waals surface area contributed by atoms with Crippen molar-refractivity contribution >= 4 is 16.9 Å². The second-order valence-electron chi connectivity index (χ2n) is 6.75. The van der Waals surface area contributed by atoms with Crippen LogP contribution in [0.3, 0.4) is 0 Å². The minimum absolute atomic E-state index is 0.131. The van der Waals surface area contributed by atoms with Crippen LogP contribution >= 0.6 is 0 Å². The van der Waals surface area contributed by atoms with Crippen molar-refractivity contribution in [3.05, 3.63) is 82.2 Å². The number of nitrogens with zero attached hydrogens (tertiary/aromatic N) is 2. The second kappa shape index (κ2) is 7.19. The molecule has 7 nitrogen and oxygen atoms in total. The molecular formula is C21H20N4O3. The van der Waals surface area contributed by atoms with Crippen molar-refractivity contribution < 1.29 is 9.32 Å². The Bertz CT molecular complexity index is 1180. The Morgan fingerprint density at radius 2 is 1.96 bits per heavy atom. The van der Waals surface area contributed by atoms with Gasteiger partial charge >= 0.3 is 5.69 Å². The highest BCUT2D eigenvalue weighted by molar-refractivity contribution is 5.86. The smallest absolute Gasteiger partial charge is 0.330 e. The number of carbonyl (C=O) groups is 1. The summed E-state index contributed by atoms with van der Waals surface area (Å²) in [6.45, 7) is 3.78. The van der Waals surface area contributed by atoms with Crippen molar-refractivity contribution in [2.24, 2.45) is 0 Å². The normalized spacial score (nSPS) is 12.2. The van der Waals surface area contributed by atoms with E-state index in [2.05, 4.69) is 15.5 Å². The van der Waals surface area contributed by atoms with Gasteiger partial charge < -0.3 is 14.8 Å². The molecule has 0 aliphatic carbocycles. The summed E-state index contributed by atoms with van der Waals surface area (Å²) in [5, 5.41) is 7.83. The minimum Gasteiger partial charge on any atom is -0.356 e. The van der Waals surface area contributed by atoms with Gasteiger partial charge in [-0.3, -0.25) is 9.36 Å². The van der Waals surface area contributed by atoms with E-state index < -0.39 is 0 Å². The van der Waals surface area contributed by atoms with Crippen LogP contribution in [0, 0.1) is 6.92 Å². The number of aromatic amines is 1. The van der Waals surface area contributed by atoms with Gasteiger partial charge in [-0.05, 0) is 43.7 Å². The van der Waals surface area contributed by atoms with Gasteiger partial charge in [0.25, 0.3) is 0 Å². The Kier molecular flexibility index (Phi) is 4.57. The van der Waals surface area contributed by atoms with Gasteiger partial charge in [0, 0.05) is 17.3 Å². The summed E-state index contributed by atoms with van der Waals surface area (Å²) >= 11 is 0. The lowest BCUT2D eigenvalue weighted by molar-refractivity contribution is -0.121. The molecule has 4 rings (SSSR count). The van der Waals surface area contributed by atoms with E-state index in [4.69, 9.17) is 4.52 Å². The van der Waals surface area contributed by atoms with E-state index in [0.29, 0.717) is 11.3 Å². The predicted octanol–water partition coefficient (Wildman–Crippen LogP) is 3.04. The highest BCUT2D eigenvalue weighted by atomic mass is 16.5. The van der Waals surface area contributed by atoms with Crippen molar-refractivity contribution in [3.8, 4) is 5.69 Å². The average Bonchev–Trinajstić information content (AvgIpc) is 3.25. The third-order valence-corrected chi connectivity index (χ3v) is 4.77. The van der Waals surface area contributed by atoms with Crippen LogP contribution in [-0.2, 0) is 11.2 Å². The Balaban J connectivity index is 1.45. The van der Waals surface area contributed by atoms with Crippen LogP contribution in [0.15, 0.2) is 64.0 Å². The number of fused-ring (bicyclic) bond motifs is 1. The number of imidazole rings is 1. The zero-order valence-electron chi connectivity index (χ0n) is 15.6. The Morgan fingerprint density at radius 1 is 1.21 bits per heavy atom. The van der Waals surface area contributed by atoms with Gasteiger partial charge in [0.2, 0.25) is 5.91 Å². The van der Waals surface area contributed by atoms with Crippen molar-refractivity contribution in [2.75, 3.05) is 0 Å². The molecule has 0 fully saturated rings. The lowest BCUT2D eigenvalue weighted by Crippen LogP contribution is -2.28. The van der Waals surface area contributed by atoms with Gasteiger partial charge in [-0.2, -0.15) is 0 Å². The topological polar surface area (TPSA) is 92.9 Å². The summed E-state index contributed by atoms with van der Waals surface area (Å²) in [6, 6.07) is 14.8. The molecule has 0 bridgehead atoms. The Morgan fingerprint density at radius 3 is 2.68 bits per heavy atom. The van der Waals surface area contributed by atoms with Crippen molar-refractivity contribution in [3.63, 3.8) is 0 Å². The quantitative estimate of drug-likeness (QED) is 0.560. The molecule has 0 saturated heterocycles. The third kappa shape index (κ3) is 3.34. The maximum absolute atomic E-state index is 12.4. The first-order chi connectivity index (χ1) is 13.5. The van der Waals surface area contributed by atoms with Crippen LogP contribution in [0.2, 0.25) is 0 Å². The molecule has 0 aliphatic rings. The highest BCUT2D eigenvalue weighted by Gasteiger charge is 2.15. The van der Waals surface area contributed by atoms with Crippen LogP contribution < -0.4 is 11.0 Å². The molecule has 2 aromatic heterocycles. The number of hydrogen-bond acceptors (Lipinski definition) is 4. The SMILES string of the molecule is Cc1c[nH]c(=O)n1-c1ccc([C@@H](C)NC(=O)Cc2noc3ccccc23)cc1. The van der Waals surface area contributed by atoms with Gasteiger partial charge in [0.15, 0.2) is 5.58 Å². The van der Waals surface area contributed by atoms with Gasteiger partial charge in [0.05, 0.1) is 18.2 Å². The number of carbonyl (C=O) groups excluding carboxylic acids is 1.